The molecule has 4 rings (SSSR count). The molecule has 4 aromatic rings. The molecule has 0 aliphatic carbocycles. The number of fused-ring (bicyclic) bond motifs is 1. The highest BCUT2D eigenvalue weighted by Gasteiger charge is 2.25. The second kappa shape index (κ2) is 8.12. The third-order valence-electron chi connectivity index (χ3n) is 4.78. The smallest absolute Gasteiger partial charge is 0.267 e. The lowest BCUT2D eigenvalue weighted by Crippen LogP contribution is -2.31. The van der Waals surface area contributed by atoms with Gasteiger partial charge in [0.05, 0.1) is 16.6 Å². The number of hydrogen-bond acceptors (Lipinski definition) is 8. The number of rotatable bonds is 4. The van der Waals surface area contributed by atoms with Gasteiger partial charge in [-0.25, -0.2) is 22.7 Å². The zero-order valence-electron chi connectivity index (χ0n) is 17.1. The van der Waals surface area contributed by atoms with Crippen molar-refractivity contribution in [3.8, 4) is 11.8 Å². The van der Waals surface area contributed by atoms with Crippen LogP contribution in [0.1, 0.15) is 12.5 Å². The van der Waals surface area contributed by atoms with Crippen molar-refractivity contribution in [1.29, 1.82) is 5.26 Å². The standard InChI is InChI=1S/C21H15F3N8O/c1-2-31(18-15(9-25)17(26)29-20(27)30-18)21-28-16-4-3-10(22)8-14(16)19(33)32(21)13-6-11(23)5-12(24)7-13/h3-8H,2H2,1H3,(H4,26,27,29,30). The van der Waals surface area contributed by atoms with E-state index in [1.54, 1.807) is 6.92 Å². The Morgan fingerprint density at radius 3 is 2.36 bits per heavy atom. The summed E-state index contributed by atoms with van der Waals surface area (Å²) in [5.74, 6) is -3.25. The van der Waals surface area contributed by atoms with Crippen molar-refractivity contribution in [2.75, 3.05) is 22.9 Å². The fourth-order valence-corrected chi connectivity index (χ4v) is 3.40. The SMILES string of the molecule is CCN(c1nc(N)nc(N)c1C#N)c1nc2ccc(F)cc2c(=O)n1-c1cc(F)cc(F)c1. The number of anilines is 4. The highest BCUT2D eigenvalue weighted by molar-refractivity contribution is 5.81. The lowest BCUT2D eigenvalue weighted by molar-refractivity contribution is 0.581. The van der Waals surface area contributed by atoms with Crippen LogP contribution < -0.4 is 21.9 Å². The van der Waals surface area contributed by atoms with Gasteiger partial charge in [-0.05, 0) is 37.3 Å². The van der Waals surface area contributed by atoms with E-state index in [-0.39, 0.29) is 52.2 Å². The first kappa shape index (κ1) is 21.6. The molecule has 0 spiro atoms. The van der Waals surface area contributed by atoms with Gasteiger partial charge in [0.25, 0.3) is 5.56 Å². The van der Waals surface area contributed by atoms with Gasteiger partial charge in [0.1, 0.15) is 34.9 Å². The Labute approximate surface area is 184 Å². The summed E-state index contributed by atoms with van der Waals surface area (Å²) < 4.78 is 42.8. The molecular formula is C21H15F3N8O. The molecule has 166 valence electrons. The maximum Gasteiger partial charge on any atom is 0.267 e. The van der Waals surface area contributed by atoms with Crippen molar-refractivity contribution < 1.29 is 13.2 Å². The van der Waals surface area contributed by atoms with Crippen molar-refractivity contribution in [3.05, 3.63) is 69.8 Å². The molecule has 0 fully saturated rings. The van der Waals surface area contributed by atoms with Gasteiger partial charge in [0.15, 0.2) is 5.82 Å². The van der Waals surface area contributed by atoms with Crippen molar-refractivity contribution in [1.82, 2.24) is 19.5 Å². The Balaban J connectivity index is 2.14. The Hall–Kier alpha value is -4.66. The number of nitrogen functional groups attached to an aromatic ring is 2. The van der Waals surface area contributed by atoms with Gasteiger partial charge in [0, 0.05) is 12.6 Å². The van der Waals surface area contributed by atoms with Crippen LogP contribution in [0.4, 0.5) is 36.7 Å². The van der Waals surface area contributed by atoms with E-state index in [1.165, 1.54) is 11.0 Å². The average molecular weight is 452 g/mol. The monoisotopic (exact) mass is 452 g/mol. The van der Waals surface area contributed by atoms with Crippen LogP contribution >= 0.6 is 0 Å². The van der Waals surface area contributed by atoms with Gasteiger partial charge in [-0.15, -0.1) is 0 Å². The van der Waals surface area contributed by atoms with E-state index in [9.17, 15) is 23.2 Å². The molecule has 4 N–H and O–H groups in total. The van der Waals surface area contributed by atoms with E-state index < -0.39 is 23.0 Å². The van der Waals surface area contributed by atoms with E-state index in [1.807, 2.05) is 6.07 Å². The minimum absolute atomic E-state index is 0.0658. The molecular weight excluding hydrogens is 437 g/mol. The molecule has 12 heteroatoms. The van der Waals surface area contributed by atoms with Crippen LogP contribution in [0.3, 0.4) is 0 Å². The summed E-state index contributed by atoms with van der Waals surface area (Å²) in [4.78, 5) is 27.0. The number of hydrogen-bond donors (Lipinski definition) is 2. The van der Waals surface area contributed by atoms with Crippen LogP contribution in [0, 0.1) is 28.8 Å². The molecule has 0 aliphatic heterocycles. The summed E-state index contributed by atoms with van der Waals surface area (Å²) in [5.41, 5.74) is 10.5. The summed E-state index contributed by atoms with van der Waals surface area (Å²) in [6.45, 7) is 1.74. The van der Waals surface area contributed by atoms with Crippen molar-refractivity contribution in [2.24, 2.45) is 0 Å². The fourth-order valence-electron chi connectivity index (χ4n) is 3.40. The topological polar surface area (TPSA) is 140 Å². The van der Waals surface area contributed by atoms with E-state index in [0.717, 1.165) is 28.8 Å². The molecule has 0 atom stereocenters. The molecule has 9 nitrogen and oxygen atoms in total. The average Bonchev–Trinajstić information content (AvgIpc) is 2.74. The minimum Gasteiger partial charge on any atom is -0.382 e. The maximum atomic E-state index is 14.0. The minimum atomic E-state index is -0.946. The normalized spacial score (nSPS) is 10.9. The Bertz CT molecular complexity index is 1490. The van der Waals surface area contributed by atoms with E-state index in [4.69, 9.17) is 11.5 Å². The molecule has 0 amide bonds. The first-order valence-electron chi connectivity index (χ1n) is 9.53. The molecule has 2 heterocycles. The van der Waals surface area contributed by atoms with Gasteiger partial charge in [-0.2, -0.15) is 15.2 Å². The molecule has 2 aromatic heterocycles. The molecule has 0 aliphatic rings. The molecule has 2 aromatic carbocycles. The second-order valence-electron chi connectivity index (χ2n) is 6.86. The highest BCUT2D eigenvalue weighted by Crippen LogP contribution is 2.30. The molecule has 33 heavy (non-hydrogen) atoms. The maximum absolute atomic E-state index is 14.0. The zero-order chi connectivity index (χ0) is 23.9. The molecule has 0 saturated heterocycles. The Kier molecular flexibility index (Phi) is 5.31. The Morgan fingerprint density at radius 1 is 1.03 bits per heavy atom. The second-order valence-corrected chi connectivity index (χ2v) is 6.86. The van der Waals surface area contributed by atoms with Gasteiger partial charge >= 0.3 is 0 Å². The number of halogens is 3. The van der Waals surface area contributed by atoms with Crippen molar-refractivity contribution in [2.45, 2.75) is 6.92 Å². The summed E-state index contributed by atoms with van der Waals surface area (Å²) in [5, 5.41) is 9.47. The van der Waals surface area contributed by atoms with E-state index >= 15 is 0 Å². The summed E-state index contributed by atoms with van der Waals surface area (Å²) in [6.07, 6.45) is 0. The predicted molar refractivity (Wildman–Crippen MR) is 115 cm³/mol. The first-order chi connectivity index (χ1) is 15.7. The molecule has 0 radical (unpaired) electrons. The number of nitriles is 1. The third-order valence-corrected chi connectivity index (χ3v) is 4.78. The van der Waals surface area contributed by atoms with Crippen LogP contribution in [-0.2, 0) is 0 Å². The van der Waals surface area contributed by atoms with Crippen LogP contribution in [0.15, 0.2) is 41.2 Å². The van der Waals surface area contributed by atoms with E-state index in [2.05, 4.69) is 15.0 Å². The quantitative estimate of drug-likeness (QED) is 0.482. The molecule has 0 bridgehead atoms. The van der Waals surface area contributed by atoms with Gasteiger partial charge in [0.2, 0.25) is 11.9 Å². The number of benzene rings is 2. The Morgan fingerprint density at radius 2 is 1.73 bits per heavy atom. The highest BCUT2D eigenvalue weighted by atomic mass is 19.1. The zero-order valence-corrected chi connectivity index (χ0v) is 17.1. The summed E-state index contributed by atoms with van der Waals surface area (Å²) in [7, 11) is 0. The molecule has 0 saturated carbocycles. The molecule has 0 unspecified atom stereocenters. The number of nitrogens with zero attached hydrogens (tertiary/aromatic N) is 6. The fraction of sp³-hybridized carbons (Fsp3) is 0.0952. The van der Waals surface area contributed by atoms with Crippen molar-refractivity contribution >= 4 is 34.4 Å². The van der Waals surface area contributed by atoms with Crippen LogP contribution in [0.2, 0.25) is 0 Å². The van der Waals surface area contributed by atoms with Gasteiger partial charge in [-0.3, -0.25) is 9.69 Å². The van der Waals surface area contributed by atoms with E-state index in [0.29, 0.717) is 6.07 Å². The lowest BCUT2D eigenvalue weighted by atomic mass is 10.2. The number of nitrogens with two attached hydrogens (primary N) is 2. The van der Waals surface area contributed by atoms with Gasteiger partial charge in [-0.1, -0.05) is 0 Å². The number of aromatic nitrogens is 4. The third kappa shape index (κ3) is 3.76. The first-order valence-corrected chi connectivity index (χ1v) is 9.53. The lowest BCUT2D eigenvalue weighted by Gasteiger charge is -2.25. The van der Waals surface area contributed by atoms with Crippen LogP contribution in [-0.4, -0.2) is 26.1 Å². The summed E-state index contributed by atoms with van der Waals surface area (Å²) in [6, 6.07) is 7.73. The van der Waals surface area contributed by atoms with Crippen LogP contribution in [0.5, 0.6) is 0 Å². The largest absolute Gasteiger partial charge is 0.382 e. The summed E-state index contributed by atoms with van der Waals surface area (Å²) >= 11 is 0. The van der Waals surface area contributed by atoms with Crippen molar-refractivity contribution in [3.63, 3.8) is 0 Å². The van der Waals surface area contributed by atoms with Gasteiger partial charge < -0.3 is 11.5 Å². The van der Waals surface area contributed by atoms with Crippen LogP contribution in [0.25, 0.3) is 16.6 Å². The predicted octanol–water partition coefficient (Wildman–Crippen LogP) is 2.79.